The molecule has 20 heavy (non-hydrogen) atoms. The van der Waals surface area contributed by atoms with Crippen molar-refractivity contribution in [3.63, 3.8) is 0 Å². The first-order chi connectivity index (χ1) is 9.57. The molecule has 2 unspecified atom stereocenters. The van der Waals surface area contributed by atoms with Gasteiger partial charge in [-0.05, 0) is 6.42 Å². The van der Waals surface area contributed by atoms with Crippen LogP contribution in [0.4, 0.5) is 0 Å². The van der Waals surface area contributed by atoms with E-state index in [0.29, 0.717) is 0 Å². The molecule has 6 N–H and O–H groups in total. The maximum Gasteiger partial charge on any atom is 0.219 e. The van der Waals surface area contributed by atoms with Gasteiger partial charge < -0.3 is 17.2 Å². The summed E-state index contributed by atoms with van der Waals surface area (Å²) in [7, 11) is 0. The summed E-state index contributed by atoms with van der Waals surface area (Å²) in [6, 6.07) is -0.386. The highest BCUT2D eigenvalue weighted by atomic mass is 16.1. The normalized spacial score (nSPS) is 14.2. The van der Waals surface area contributed by atoms with Crippen LogP contribution in [0.1, 0.15) is 84.0 Å². The van der Waals surface area contributed by atoms with Crippen molar-refractivity contribution in [3.05, 3.63) is 0 Å². The summed E-state index contributed by atoms with van der Waals surface area (Å²) in [5.74, 6) is -0.365. The topological polar surface area (TPSA) is 95.1 Å². The maximum absolute atomic E-state index is 10.7. The lowest BCUT2D eigenvalue weighted by Crippen LogP contribution is -2.43. The van der Waals surface area contributed by atoms with E-state index in [9.17, 15) is 4.79 Å². The first-order valence-electron chi connectivity index (χ1n) is 8.37. The molecule has 0 heterocycles. The van der Waals surface area contributed by atoms with Crippen molar-refractivity contribution in [2.24, 2.45) is 17.2 Å². The third-order valence-corrected chi connectivity index (χ3v) is 3.88. The van der Waals surface area contributed by atoms with E-state index in [1.54, 1.807) is 0 Å². The predicted molar refractivity (Wildman–Crippen MR) is 86.2 cm³/mol. The molecule has 0 aliphatic rings. The number of primary amides is 1. The van der Waals surface area contributed by atoms with Crippen molar-refractivity contribution in [1.29, 1.82) is 0 Å². The first-order valence-corrected chi connectivity index (χ1v) is 8.37. The van der Waals surface area contributed by atoms with Gasteiger partial charge >= 0.3 is 0 Å². The fraction of sp³-hybridized carbons (Fsp3) is 0.938. The second-order valence-corrected chi connectivity index (χ2v) is 5.97. The number of rotatable bonds is 14. The molecule has 0 saturated carbocycles. The summed E-state index contributed by atoms with van der Waals surface area (Å²) < 4.78 is 0. The molecule has 4 heteroatoms. The Morgan fingerprint density at radius 2 is 1.25 bits per heavy atom. The third-order valence-electron chi connectivity index (χ3n) is 3.88. The van der Waals surface area contributed by atoms with Crippen LogP contribution in [-0.2, 0) is 4.79 Å². The van der Waals surface area contributed by atoms with Crippen LogP contribution in [0.25, 0.3) is 0 Å². The highest BCUT2D eigenvalue weighted by Crippen LogP contribution is 2.12. The zero-order valence-electron chi connectivity index (χ0n) is 13.3. The number of unbranched alkanes of at least 4 members (excludes halogenated alkanes) is 9. The lowest BCUT2D eigenvalue weighted by atomic mass is 9.99. The molecule has 120 valence electrons. The summed E-state index contributed by atoms with van der Waals surface area (Å²) in [5.41, 5.74) is 16.9. The summed E-state index contributed by atoms with van der Waals surface area (Å²) in [6.07, 6.45) is 14.2. The van der Waals surface area contributed by atoms with E-state index in [4.69, 9.17) is 17.2 Å². The van der Waals surface area contributed by atoms with E-state index in [2.05, 4.69) is 6.92 Å². The van der Waals surface area contributed by atoms with Gasteiger partial charge in [0.05, 0.1) is 0 Å². The van der Waals surface area contributed by atoms with Crippen LogP contribution in [0.3, 0.4) is 0 Å². The molecule has 0 bridgehead atoms. The van der Waals surface area contributed by atoms with Gasteiger partial charge in [-0.25, -0.2) is 0 Å². The fourth-order valence-electron chi connectivity index (χ4n) is 2.47. The van der Waals surface area contributed by atoms with Crippen LogP contribution in [0, 0.1) is 0 Å². The molecule has 2 atom stereocenters. The summed E-state index contributed by atoms with van der Waals surface area (Å²) in [5, 5.41) is 0. The van der Waals surface area contributed by atoms with E-state index < -0.39 is 0 Å². The van der Waals surface area contributed by atoms with Crippen molar-refractivity contribution in [3.8, 4) is 0 Å². The predicted octanol–water partition coefficient (Wildman–Crippen LogP) is 2.83. The molecule has 0 aromatic rings. The zero-order chi connectivity index (χ0) is 15.2. The van der Waals surface area contributed by atoms with Crippen LogP contribution in [0.15, 0.2) is 0 Å². The molecule has 0 aliphatic heterocycles. The molecule has 0 aliphatic carbocycles. The average Bonchev–Trinajstić information content (AvgIpc) is 2.39. The molecular weight excluding hydrogens is 250 g/mol. The molecule has 1 amide bonds. The van der Waals surface area contributed by atoms with Crippen molar-refractivity contribution in [2.75, 3.05) is 0 Å². The Labute approximate surface area is 124 Å². The molecule has 0 rings (SSSR count). The van der Waals surface area contributed by atoms with Crippen LogP contribution >= 0.6 is 0 Å². The average molecular weight is 285 g/mol. The Hall–Kier alpha value is -0.610. The quantitative estimate of drug-likeness (QED) is 0.428. The fourth-order valence-corrected chi connectivity index (χ4v) is 2.47. The number of carbonyl (C=O) groups excluding carboxylic acids is 1. The number of nitrogens with two attached hydrogens (primary N) is 3. The third kappa shape index (κ3) is 12.4. The Morgan fingerprint density at radius 1 is 0.800 bits per heavy atom. The molecule has 0 aromatic heterocycles. The summed E-state index contributed by atoms with van der Waals surface area (Å²) in [4.78, 5) is 10.7. The van der Waals surface area contributed by atoms with E-state index in [1.807, 2.05) is 0 Å². The first kappa shape index (κ1) is 19.4. The molecule has 4 nitrogen and oxygen atoms in total. The van der Waals surface area contributed by atoms with Crippen LogP contribution in [0.2, 0.25) is 0 Å². The standard InChI is InChI=1S/C16H35N3O/c1-2-3-4-5-6-7-8-9-10-11-12-14(17)15(18)13-16(19)20/h14-15H,2-13,17-18H2,1H3,(H2,19,20). The van der Waals surface area contributed by atoms with Crippen LogP contribution < -0.4 is 17.2 Å². The lowest BCUT2D eigenvalue weighted by molar-refractivity contribution is -0.118. The highest BCUT2D eigenvalue weighted by molar-refractivity contribution is 5.74. The van der Waals surface area contributed by atoms with Crippen molar-refractivity contribution in [2.45, 2.75) is 96.1 Å². The van der Waals surface area contributed by atoms with Crippen molar-refractivity contribution in [1.82, 2.24) is 0 Å². The lowest BCUT2D eigenvalue weighted by Gasteiger charge is -2.18. The minimum Gasteiger partial charge on any atom is -0.370 e. The Morgan fingerprint density at radius 3 is 1.70 bits per heavy atom. The van der Waals surface area contributed by atoms with Crippen LogP contribution in [-0.4, -0.2) is 18.0 Å². The minimum atomic E-state index is -0.365. The molecule has 0 saturated heterocycles. The Kier molecular flexibility index (Phi) is 13.0. The van der Waals surface area contributed by atoms with Gasteiger partial charge in [-0.1, -0.05) is 71.1 Å². The maximum atomic E-state index is 10.7. The SMILES string of the molecule is CCCCCCCCCCCCC(N)C(N)CC(N)=O. The molecule has 0 radical (unpaired) electrons. The van der Waals surface area contributed by atoms with E-state index in [1.165, 1.54) is 57.8 Å². The highest BCUT2D eigenvalue weighted by Gasteiger charge is 2.14. The summed E-state index contributed by atoms with van der Waals surface area (Å²) >= 11 is 0. The molecule has 0 spiro atoms. The van der Waals surface area contributed by atoms with Crippen molar-refractivity contribution >= 4 is 5.91 Å². The van der Waals surface area contributed by atoms with Crippen LogP contribution in [0.5, 0.6) is 0 Å². The zero-order valence-corrected chi connectivity index (χ0v) is 13.3. The molecule has 0 aromatic carbocycles. The number of carbonyl (C=O) groups is 1. The summed E-state index contributed by atoms with van der Waals surface area (Å²) in [6.45, 7) is 2.25. The molecule has 0 fully saturated rings. The second-order valence-electron chi connectivity index (χ2n) is 5.97. The van der Waals surface area contributed by atoms with Gasteiger partial charge in [0, 0.05) is 18.5 Å². The molecular formula is C16H35N3O. The smallest absolute Gasteiger partial charge is 0.219 e. The van der Waals surface area contributed by atoms with E-state index in [0.717, 1.165) is 12.8 Å². The van der Waals surface area contributed by atoms with E-state index in [-0.39, 0.29) is 24.4 Å². The minimum absolute atomic E-state index is 0.100. The van der Waals surface area contributed by atoms with Gasteiger partial charge in [0.25, 0.3) is 0 Å². The van der Waals surface area contributed by atoms with Gasteiger partial charge in [0.2, 0.25) is 5.91 Å². The van der Waals surface area contributed by atoms with Gasteiger partial charge in [0.15, 0.2) is 0 Å². The number of amides is 1. The largest absolute Gasteiger partial charge is 0.370 e. The van der Waals surface area contributed by atoms with E-state index >= 15 is 0 Å². The van der Waals surface area contributed by atoms with Gasteiger partial charge in [0.1, 0.15) is 0 Å². The van der Waals surface area contributed by atoms with Gasteiger partial charge in [-0.2, -0.15) is 0 Å². The van der Waals surface area contributed by atoms with Gasteiger partial charge in [-0.3, -0.25) is 4.79 Å². The van der Waals surface area contributed by atoms with Gasteiger partial charge in [-0.15, -0.1) is 0 Å². The monoisotopic (exact) mass is 285 g/mol. The number of hydrogen-bond acceptors (Lipinski definition) is 3. The number of hydrogen-bond donors (Lipinski definition) is 3. The Bertz CT molecular complexity index is 234. The Balaban J connectivity index is 3.28. The second kappa shape index (κ2) is 13.4. The van der Waals surface area contributed by atoms with Crippen molar-refractivity contribution < 1.29 is 4.79 Å².